The average molecular weight is 259 g/mol. The number of imide groups is 1. The molecule has 2 heterocycles. The minimum absolute atomic E-state index is 0.253. The number of rotatable bonds is 1. The summed E-state index contributed by atoms with van der Waals surface area (Å²) in [6, 6.07) is 3.12. The summed E-state index contributed by atoms with van der Waals surface area (Å²) in [5, 5.41) is 7.40. The summed E-state index contributed by atoms with van der Waals surface area (Å²) in [7, 11) is 1.81. The van der Waals surface area contributed by atoms with Crippen LogP contribution in [0.5, 0.6) is 0 Å². The highest BCUT2D eigenvalue weighted by Crippen LogP contribution is 2.27. The molecule has 7 nitrogen and oxygen atoms in total. The molecular formula is C12H13N5O2. The van der Waals surface area contributed by atoms with Crippen LogP contribution >= 0.6 is 0 Å². The molecule has 0 spiro atoms. The van der Waals surface area contributed by atoms with E-state index in [1.807, 2.05) is 19.3 Å². The minimum Gasteiger partial charge on any atom is -0.397 e. The van der Waals surface area contributed by atoms with Gasteiger partial charge in [0.05, 0.1) is 5.69 Å². The predicted molar refractivity (Wildman–Crippen MR) is 70.6 cm³/mol. The first-order valence-corrected chi connectivity index (χ1v) is 5.89. The second-order valence-electron chi connectivity index (χ2n) is 4.53. The van der Waals surface area contributed by atoms with Crippen LogP contribution in [0.1, 0.15) is 6.42 Å². The number of carbonyl (C=O) groups excluding carboxylic acids is 2. The minimum atomic E-state index is -0.418. The number of fused-ring (bicyclic) bond motifs is 1. The van der Waals surface area contributed by atoms with Crippen molar-refractivity contribution in [3.63, 3.8) is 0 Å². The molecule has 1 aromatic heterocycles. The summed E-state index contributed by atoms with van der Waals surface area (Å²) in [6.07, 6.45) is 2.12. The Balaban J connectivity index is 2.05. The number of aryl methyl sites for hydroxylation is 1. The first-order chi connectivity index (χ1) is 9.04. The van der Waals surface area contributed by atoms with E-state index in [1.165, 1.54) is 4.90 Å². The zero-order valence-corrected chi connectivity index (χ0v) is 10.4. The third-order valence-corrected chi connectivity index (χ3v) is 3.10. The van der Waals surface area contributed by atoms with Gasteiger partial charge in [0.1, 0.15) is 5.52 Å². The molecule has 3 N–H and O–H groups in total. The molecule has 7 heteroatoms. The highest BCUT2D eigenvalue weighted by Gasteiger charge is 2.24. The van der Waals surface area contributed by atoms with Crippen LogP contribution in [0.15, 0.2) is 18.3 Å². The topological polar surface area (TPSA) is 93.2 Å². The second kappa shape index (κ2) is 3.98. The molecule has 0 aliphatic carbocycles. The monoisotopic (exact) mass is 259 g/mol. The number of aromatic nitrogens is 2. The molecule has 1 fully saturated rings. The molecule has 0 atom stereocenters. The number of hydrogen-bond donors (Lipinski definition) is 2. The quantitative estimate of drug-likeness (QED) is 0.733. The fraction of sp³-hybridized carbons (Fsp3) is 0.250. The van der Waals surface area contributed by atoms with E-state index in [4.69, 9.17) is 5.73 Å². The predicted octanol–water partition coefficient (Wildman–Crippen LogP) is 0.602. The van der Waals surface area contributed by atoms with Crippen molar-refractivity contribution in [2.24, 2.45) is 7.05 Å². The Morgan fingerprint density at radius 3 is 2.89 bits per heavy atom. The molecule has 1 saturated heterocycles. The lowest BCUT2D eigenvalue weighted by atomic mass is 10.1. The number of hydrogen-bond acceptors (Lipinski definition) is 4. The van der Waals surface area contributed by atoms with Crippen molar-refractivity contribution < 1.29 is 9.59 Å². The van der Waals surface area contributed by atoms with Crippen LogP contribution in [0, 0.1) is 0 Å². The van der Waals surface area contributed by atoms with Crippen LogP contribution in [-0.2, 0) is 11.8 Å². The van der Waals surface area contributed by atoms with Crippen molar-refractivity contribution in [1.82, 2.24) is 15.1 Å². The number of benzene rings is 1. The lowest BCUT2D eigenvalue weighted by Gasteiger charge is -2.26. The van der Waals surface area contributed by atoms with Crippen LogP contribution in [0.2, 0.25) is 0 Å². The lowest BCUT2D eigenvalue weighted by molar-refractivity contribution is -0.120. The van der Waals surface area contributed by atoms with Gasteiger partial charge in [-0.05, 0) is 12.1 Å². The zero-order valence-electron chi connectivity index (χ0n) is 10.4. The van der Waals surface area contributed by atoms with Crippen LogP contribution in [0.4, 0.5) is 16.2 Å². The van der Waals surface area contributed by atoms with Crippen LogP contribution < -0.4 is 16.0 Å². The van der Waals surface area contributed by atoms with E-state index in [2.05, 4.69) is 10.4 Å². The highest BCUT2D eigenvalue weighted by molar-refractivity contribution is 6.07. The van der Waals surface area contributed by atoms with E-state index in [-0.39, 0.29) is 12.3 Å². The Morgan fingerprint density at radius 1 is 1.37 bits per heavy atom. The van der Waals surface area contributed by atoms with Gasteiger partial charge in [-0.3, -0.25) is 19.7 Å². The highest BCUT2D eigenvalue weighted by atomic mass is 16.2. The smallest absolute Gasteiger partial charge is 0.328 e. The van der Waals surface area contributed by atoms with Crippen LogP contribution in [0.3, 0.4) is 0 Å². The van der Waals surface area contributed by atoms with Gasteiger partial charge >= 0.3 is 6.03 Å². The summed E-state index contributed by atoms with van der Waals surface area (Å²) in [4.78, 5) is 24.4. The van der Waals surface area contributed by atoms with E-state index >= 15 is 0 Å². The van der Waals surface area contributed by atoms with Gasteiger partial charge in [0.15, 0.2) is 0 Å². The number of amides is 3. The largest absolute Gasteiger partial charge is 0.397 e. The number of nitrogens with two attached hydrogens (primary N) is 1. The fourth-order valence-corrected chi connectivity index (χ4v) is 2.23. The molecule has 0 unspecified atom stereocenters. The Kier molecular flexibility index (Phi) is 2.41. The van der Waals surface area contributed by atoms with Gasteiger partial charge in [-0.25, -0.2) is 4.79 Å². The molecule has 0 radical (unpaired) electrons. The molecule has 3 amide bonds. The van der Waals surface area contributed by atoms with Crippen molar-refractivity contribution in [3.05, 3.63) is 18.3 Å². The number of nitrogens with zero attached hydrogens (tertiary/aromatic N) is 3. The molecule has 1 aromatic carbocycles. The number of nitrogen functional groups attached to an aromatic ring is 1. The van der Waals surface area contributed by atoms with Crippen molar-refractivity contribution in [1.29, 1.82) is 0 Å². The maximum Gasteiger partial charge on any atom is 0.328 e. The lowest BCUT2D eigenvalue weighted by Crippen LogP contribution is -2.49. The molecule has 1 aliphatic heterocycles. The van der Waals surface area contributed by atoms with E-state index in [1.54, 1.807) is 10.7 Å². The van der Waals surface area contributed by atoms with E-state index in [9.17, 15) is 9.59 Å². The third-order valence-electron chi connectivity index (χ3n) is 3.10. The Hall–Kier alpha value is -2.57. The normalized spacial score (nSPS) is 15.9. The Labute approximate surface area is 109 Å². The molecule has 19 heavy (non-hydrogen) atoms. The van der Waals surface area contributed by atoms with Gasteiger partial charge in [0.25, 0.3) is 0 Å². The molecule has 1 aliphatic rings. The van der Waals surface area contributed by atoms with E-state index < -0.39 is 6.03 Å². The molecule has 2 aromatic rings. The maximum absolute atomic E-state index is 11.8. The van der Waals surface area contributed by atoms with Gasteiger partial charge in [0, 0.05) is 37.3 Å². The van der Waals surface area contributed by atoms with Crippen molar-refractivity contribution in [2.45, 2.75) is 6.42 Å². The first-order valence-electron chi connectivity index (χ1n) is 5.89. The van der Waals surface area contributed by atoms with Gasteiger partial charge in [0.2, 0.25) is 5.91 Å². The first kappa shape index (κ1) is 11.5. The standard InChI is InChI=1S/C12H13N5O2/c1-16-6-7-4-8(5-9(13)11(7)15-16)17-3-2-10(18)14-12(17)19/h4-6H,2-3,13H2,1H3,(H,14,18,19). The van der Waals surface area contributed by atoms with Gasteiger partial charge in [-0.15, -0.1) is 0 Å². The zero-order chi connectivity index (χ0) is 13.6. The molecule has 98 valence electrons. The summed E-state index contributed by atoms with van der Waals surface area (Å²) in [5.74, 6) is -0.253. The fourth-order valence-electron chi connectivity index (χ4n) is 2.23. The summed E-state index contributed by atoms with van der Waals surface area (Å²) in [6.45, 7) is 0.357. The van der Waals surface area contributed by atoms with Crippen molar-refractivity contribution in [2.75, 3.05) is 17.2 Å². The summed E-state index contributed by atoms with van der Waals surface area (Å²) >= 11 is 0. The number of urea groups is 1. The Bertz CT molecular complexity index is 691. The maximum atomic E-state index is 11.8. The van der Waals surface area contributed by atoms with Gasteiger partial charge in [-0.2, -0.15) is 5.10 Å². The summed E-state index contributed by atoms with van der Waals surface area (Å²) in [5.41, 5.74) is 7.84. The molecule has 3 rings (SSSR count). The Morgan fingerprint density at radius 2 is 2.16 bits per heavy atom. The van der Waals surface area contributed by atoms with Gasteiger partial charge < -0.3 is 5.73 Å². The molecular weight excluding hydrogens is 246 g/mol. The van der Waals surface area contributed by atoms with Gasteiger partial charge in [-0.1, -0.05) is 0 Å². The molecule has 0 saturated carbocycles. The number of nitrogens with one attached hydrogen (secondary N) is 1. The summed E-state index contributed by atoms with van der Waals surface area (Å²) < 4.78 is 1.67. The average Bonchev–Trinajstić information content (AvgIpc) is 2.70. The van der Waals surface area contributed by atoms with E-state index in [0.717, 1.165) is 5.39 Å². The van der Waals surface area contributed by atoms with Crippen molar-refractivity contribution >= 4 is 34.2 Å². The SMILES string of the molecule is Cn1cc2cc(N3CCC(=O)NC3=O)cc(N)c2n1. The number of carbonyl (C=O) groups is 2. The second-order valence-corrected chi connectivity index (χ2v) is 4.53. The third kappa shape index (κ3) is 1.88. The van der Waals surface area contributed by atoms with Crippen molar-refractivity contribution in [3.8, 4) is 0 Å². The van der Waals surface area contributed by atoms with E-state index in [0.29, 0.717) is 23.4 Å². The van der Waals surface area contributed by atoms with Crippen LogP contribution in [-0.4, -0.2) is 28.3 Å². The van der Waals surface area contributed by atoms with Crippen LogP contribution in [0.25, 0.3) is 10.9 Å². The number of anilines is 2. The molecule has 0 bridgehead atoms.